The molecule has 0 saturated heterocycles. The Bertz CT molecular complexity index is 1050. The number of hydrogen-bond donors (Lipinski definition) is 0. The molecule has 4 heteroatoms. The van der Waals surface area contributed by atoms with Crippen molar-refractivity contribution in [3.63, 3.8) is 0 Å². The van der Waals surface area contributed by atoms with E-state index in [0.29, 0.717) is 6.61 Å². The minimum Gasteiger partial charge on any atom is -0.494 e. The van der Waals surface area contributed by atoms with Gasteiger partial charge >= 0.3 is 0 Å². The van der Waals surface area contributed by atoms with Crippen LogP contribution in [-0.4, -0.2) is 16.2 Å². The van der Waals surface area contributed by atoms with Crippen LogP contribution in [0.15, 0.2) is 72.8 Å². The van der Waals surface area contributed by atoms with Gasteiger partial charge in [-0.3, -0.25) is 0 Å². The molecule has 0 saturated carbocycles. The molecular formula is C23H21ClN2O. The minimum absolute atomic E-state index is 0.663. The molecule has 3 aromatic carbocycles. The molecule has 1 heterocycles. The molecule has 0 fully saturated rings. The number of aromatic nitrogens is 2. The average Bonchev–Trinajstić information content (AvgIpc) is 3.04. The van der Waals surface area contributed by atoms with Gasteiger partial charge in [0.25, 0.3) is 0 Å². The van der Waals surface area contributed by atoms with Crippen molar-refractivity contribution >= 4 is 22.6 Å². The van der Waals surface area contributed by atoms with Crippen LogP contribution in [0.2, 0.25) is 5.02 Å². The normalized spacial score (nSPS) is 11.0. The summed E-state index contributed by atoms with van der Waals surface area (Å²) in [6.07, 6.45) is 0.898. The maximum atomic E-state index is 6.05. The molecule has 136 valence electrons. The second-order valence-corrected chi connectivity index (χ2v) is 7.04. The summed E-state index contributed by atoms with van der Waals surface area (Å²) >= 11 is 6.05. The largest absolute Gasteiger partial charge is 0.494 e. The van der Waals surface area contributed by atoms with Crippen LogP contribution in [0.25, 0.3) is 22.4 Å². The molecule has 0 N–H and O–H groups in total. The van der Waals surface area contributed by atoms with Crippen LogP contribution in [0.5, 0.6) is 5.75 Å². The number of benzene rings is 3. The van der Waals surface area contributed by atoms with Gasteiger partial charge in [-0.25, -0.2) is 4.98 Å². The number of nitrogens with zero attached hydrogens (tertiary/aromatic N) is 2. The summed E-state index contributed by atoms with van der Waals surface area (Å²) in [6.45, 7) is 3.57. The van der Waals surface area contributed by atoms with E-state index in [4.69, 9.17) is 21.3 Å². The zero-order valence-electron chi connectivity index (χ0n) is 15.2. The van der Waals surface area contributed by atoms with Crippen LogP contribution in [0, 0.1) is 6.92 Å². The standard InChI is InChI=1S/C23H21ClN2O/c1-17-6-4-7-20(16-17)27-15-5-14-26-22-9-3-2-8-21(22)25-23(26)18-10-12-19(24)13-11-18/h2-4,6-13,16H,5,14-15H2,1H3. The van der Waals surface area contributed by atoms with E-state index in [0.717, 1.165) is 46.2 Å². The molecule has 4 aromatic rings. The van der Waals surface area contributed by atoms with Gasteiger partial charge in [0, 0.05) is 17.1 Å². The van der Waals surface area contributed by atoms with Crippen molar-refractivity contribution in [2.24, 2.45) is 0 Å². The van der Waals surface area contributed by atoms with Crippen molar-refractivity contribution in [3.8, 4) is 17.1 Å². The number of rotatable bonds is 6. The van der Waals surface area contributed by atoms with E-state index in [1.165, 1.54) is 5.56 Å². The van der Waals surface area contributed by atoms with E-state index in [-0.39, 0.29) is 0 Å². The summed E-state index contributed by atoms with van der Waals surface area (Å²) in [7, 11) is 0. The van der Waals surface area contributed by atoms with Gasteiger partial charge in [-0.1, -0.05) is 35.9 Å². The number of ether oxygens (including phenoxy) is 1. The lowest BCUT2D eigenvalue weighted by Gasteiger charge is -2.11. The summed E-state index contributed by atoms with van der Waals surface area (Å²) in [5.41, 5.74) is 4.41. The van der Waals surface area contributed by atoms with E-state index in [2.05, 4.69) is 41.8 Å². The summed E-state index contributed by atoms with van der Waals surface area (Å²) in [5, 5.41) is 0.730. The van der Waals surface area contributed by atoms with Gasteiger partial charge < -0.3 is 9.30 Å². The van der Waals surface area contributed by atoms with E-state index in [1.807, 2.05) is 42.5 Å². The smallest absolute Gasteiger partial charge is 0.141 e. The van der Waals surface area contributed by atoms with Crippen molar-refractivity contribution in [2.45, 2.75) is 19.9 Å². The molecule has 27 heavy (non-hydrogen) atoms. The van der Waals surface area contributed by atoms with E-state index < -0.39 is 0 Å². The van der Waals surface area contributed by atoms with E-state index in [9.17, 15) is 0 Å². The van der Waals surface area contributed by atoms with Gasteiger partial charge in [0.1, 0.15) is 11.6 Å². The Balaban J connectivity index is 1.55. The molecule has 1 aromatic heterocycles. The molecule has 4 rings (SSSR count). The van der Waals surface area contributed by atoms with Crippen LogP contribution in [0.4, 0.5) is 0 Å². The highest BCUT2D eigenvalue weighted by atomic mass is 35.5. The predicted octanol–water partition coefficient (Wildman–Crippen LogP) is 6.13. The number of hydrogen-bond acceptors (Lipinski definition) is 2. The lowest BCUT2D eigenvalue weighted by Crippen LogP contribution is -2.06. The molecule has 3 nitrogen and oxygen atoms in total. The molecule has 0 unspecified atom stereocenters. The second kappa shape index (κ2) is 7.85. The van der Waals surface area contributed by atoms with Gasteiger partial charge in [0.05, 0.1) is 17.6 Å². The lowest BCUT2D eigenvalue weighted by molar-refractivity contribution is 0.302. The Hall–Kier alpha value is -2.78. The van der Waals surface area contributed by atoms with Crippen molar-refractivity contribution in [1.82, 2.24) is 9.55 Å². The van der Waals surface area contributed by atoms with Gasteiger partial charge in [0.2, 0.25) is 0 Å². The Labute approximate surface area is 164 Å². The van der Waals surface area contributed by atoms with E-state index in [1.54, 1.807) is 0 Å². The molecule has 0 spiro atoms. The first-order chi connectivity index (χ1) is 13.2. The molecule has 0 atom stereocenters. The molecule has 0 aliphatic carbocycles. The number of para-hydroxylation sites is 2. The number of fused-ring (bicyclic) bond motifs is 1. The third kappa shape index (κ3) is 3.99. The molecule has 0 amide bonds. The topological polar surface area (TPSA) is 27.1 Å². The fraction of sp³-hybridized carbons (Fsp3) is 0.174. The predicted molar refractivity (Wildman–Crippen MR) is 111 cm³/mol. The lowest BCUT2D eigenvalue weighted by atomic mass is 10.2. The summed E-state index contributed by atoms with van der Waals surface area (Å²) in [5.74, 6) is 1.88. The Morgan fingerprint density at radius 3 is 2.59 bits per heavy atom. The summed E-state index contributed by atoms with van der Waals surface area (Å²) in [4.78, 5) is 4.84. The Kier molecular flexibility index (Phi) is 5.12. The third-order valence-corrected chi connectivity index (χ3v) is 4.79. The molecule has 0 radical (unpaired) electrons. The zero-order chi connectivity index (χ0) is 18.6. The first-order valence-corrected chi connectivity index (χ1v) is 9.49. The van der Waals surface area contributed by atoms with Crippen LogP contribution in [0.3, 0.4) is 0 Å². The van der Waals surface area contributed by atoms with Crippen LogP contribution >= 0.6 is 11.6 Å². The van der Waals surface area contributed by atoms with Crippen LogP contribution in [-0.2, 0) is 6.54 Å². The first-order valence-electron chi connectivity index (χ1n) is 9.11. The highest BCUT2D eigenvalue weighted by Gasteiger charge is 2.12. The quantitative estimate of drug-likeness (QED) is 0.378. The number of aryl methyl sites for hydroxylation is 2. The molecule has 0 aliphatic heterocycles. The first kappa shape index (κ1) is 17.6. The Morgan fingerprint density at radius 1 is 0.963 bits per heavy atom. The molecule has 0 aliphatic rings. The molecular weight excluding hydrogens is 356 g/mol. The third-order valence-electron chi connectivity index (χ3n) is 4.54. The zero-order valence-corrected chi connectivity index (χ0v) is 16.0. The summed E-state index contributed by atoms with van der Waals surface area (Å²) < 4.78 is 8.17. The second-order valence-electron chi connectivity index (χ2n) is 6.60. The minimum atomic E-state index is 0.663. The van der Waals surface area contributed by atoms with Gasteiger partial charge in [-0.2, -0.15) is 0 Å². The van der Waals surface area contributed by atoms with Crippen molar-refractivity contribution in [1.29, 1.82) is 0 Å². The van der Waals surface area contributed by atoms with Gasteiger partial charge in [-0.15, -0.1) is 0 Å². The van der Waals surface area contributed by atoms with Crippen molar-refractivity contribution < 1.29 is 4.74 Å². The van der Waals surface area contributed by atoms with Gasteiger partial charge in [0.15, 0.2) is 0 Å². The van der Waals surface area contributed by atoms with Crippen molar-refractivity contribution in [2.75, 3.05) is 6.61 Å². The maximum absolute atomic E-state index is 6.05. The number of halogens is 1. The van der Waals surface area contributed by atoms with Crippen LogP contribution in [0.1, 0.15) is 12.0 Å². The fourth-order valence-corrected chi connectivity index (χ4v) is 3.36. The molecule has 0 bridgehead atoms. The van der Waals surface area contributed by atoms with Gasteiger partial charge in [-0.05, 0) is 67.4 Å². The van der Waals surface area contributed by atoms with Crippen LogP contribution < -0.4 is 4.74 Å². The highest BCUT2D eigenvalue weighted by molar-refractivity contribution is 6.30. The Morgan fingerprint density at radius 2 is 1.78 bits per heavy atom. The average molecular weight is 377 g/mol. The fourth-order valence-electron chi connectivity index (χ4n) is 3.24. The number of imidazole rings is 1. The van der Waals surface area contributed by atoms with Crippen molar-refractivity contribution in [3.05, 3.63) is 83.4 Å². The SMILES string of the molecule is Cc1cccc(OCCCn2c(-c3ccc(Cl)cc3)nc3ccccc32)c1. The van der Waals surface area contributed by atoms with E-state index >= 15 is 0 Å². The monoisotopic (exact) mass is 376 g/mol. The highest BCUT2D eigenvalue weighted by Crippen LogP contribution is 2.26. The maximum Gasteiger partial charge on any atom is 0.141 e. The summed E-state index contributed by atoms with van der Waals surface area (Å²) in [6, 6.07) is 24.2.